The van der Waals surface area contributed by atoms with Crippen LogP contribution < -0.4 is 5.73 Å². The molecule has 2 aromatic rings. The summed E-state index contributed by atoms with van der Waals surface area (Å²) in [6.07, 6.45) is -2.62. The zero-order valence-corrected chi connectivity index (χ0v) is 18.9. The van der Waals surface area contributed by atoms with E-state index in [2.05, 4.69) is 29.8 Å². The molecule has 17 nitrogen and oxygen atoms in total. The molecule has 1 aliphatic rings. The molecule has 0 amide bonds. The summed E-state index contributed by atoms with van der Waals surface area (Å²) < 4.78 is 52.9. The quantitative estimate of drug-likeness (QED) is 0.156. The third kappa shape index (κ3) is 5.58. The maximum Gasteiger partial charge on any atom is 0.490 e. The third-order valence-corrected chi connectivity index (χ3v) is 8.28. The number of aliphatic hydroxyl groups is 2. The molecule has 1 fully saturated rings. The van der Waals surface area contributed by atoms with Gasteiger partial charge in [0.15, 0.2) is 5.82 Å². The number of nitrogens with zero attached hydrogens (tertiary/aromatic N) is 3. The fraction of sp³-hybridized carbons (Fsp3) is 0.385. The lowest BCUT2D eigenvalue weighted by atomic mass is 9.95. The van der Waals surface area contributed by atoms with Crippen LogP contribution in [0.1, 0.15) is 11.8 Å². The van der Waals surface area contributed by atoms with Gasteiger partial charge in [-0.25, -0.2) is 23.2 Å². The molecule has 0 bridgehead atoms. The number of rotatable bonds is 9. The van der Waals surface area contributed by atoms with Crippen LogP contribution in [0.2, 0.25) is 0 Å². The Labute approximate surface area is 184 Å². The van der Waals surface area contributed by atoms with Crippen LogP contribution in [0.15, 0.2) is 31.1 Å². The molecule has 1 saturated heterocycles. The van der Waals surface area contributed by atoms with E-state index in [4.69, 9.17) is 20.3 Å². The minimum Gasteiger partial charge on any atom is -0.387 e. The molecule has 2 aromatic heterocycles. The van der Waals surface area contributed by atoms with Gasteiger partial charge in [0.05, 0.1) is 12.3 Å². The van der Waals surface area contributed by atoms with E-state index in [1.54, 1.807) is 0 Å². The van der Waals surface area contributed by atoms with Crippen molar-refractivity contribution < 1.29 is 61.4 Å². The molecule has 184 valence electrons. The predicted molar refractivity (Wildman–Crippen MR) is 106 cm³/mol. The molecule has 6 atom stereocenters. The Morgan fingerprint density at radius 3 is 2.45 bits per heavy atom. The molecule has 33 heavy (non-hydrogen) atoms. The van der Waals surface area contributed by atoms with E-state index in [0.717, 1.165) is 12.4 Å². The highest BCUT2D eigenvalue weighted by atomic mass is 31.3. The SMILES string of the molecule is C=C[C@]1(COP(=O)(O)OP(=O)(O)OP(=O)(O)O)O[C@@H](c2ccc3c(N)ncnn23)[C@H](O)[C@@H]1O. The molecule has 1 aliphatic heterocycles. The van der Waals surface area contributed by atoms with Crippen molar-refractivity contribution in [2.24, 2.45) is 0 Å². The number of nitrogen functional groups attached to an aromatic ring is 1. The maximum atomic E-state index is 12.0. The van der Waals surface area contributed by atoms with Gasteiger partial charge in [-0.3, -0.25) is 4.52 Å². The number of hydrogen-bond donors (Lipinski definition) is 7. The highest BCUT2D eigenvalue weighted by Crippen LogP contribution is 2.66. The number of aliphatic hydroxyl groups excluding tert-OH is 2. The summed E-state index contributed by atoms with van der Waals surface area (Å²) in [6.45, 7) is 2.38. The van der Waals surface area contributed by atoms with Crippen molar-refractivity contribution in [1.82, 2.24) is 14.6 Å². The molecule has 8 N–H and O–H groups in total. The van der Waals surface area contributed by atoms with Crippen molar-refractivity contribution in [2.45, 2.75) is 23.9 Å². The first-order valence-corrected chi connectivity index (χ1v) is 13.2. The highest BCUT2D eigenvalue weighted by Gasteiger charge is 2.55. The van der Waals surface area contributed by atoms with E-state index < -0.39 is 54.0 Å². The van der Waals surface area contributed by atoms with E-state index >= 15 is 0 Å². The minimum atomic E-state index is -5.75. The molecule has 3 heterocycles. The number of anilines is 1. The minimum absolute atomic E-state index is 0.118. The van der Waals surface area contributed by atoms with E-state index in [1.807, 2.05) is 0 Å². The van der Waals surface area contributed by atoms with Crippen LogP contribution in [0.4, 0.5) is 5.82 Å². The molecule has 0 saturated carbocycles. The van der Waals surface area contributed by atoms with Crippen LogP contribution in [0.5, 0.6) is 0 Å². The van der Waals surface area contributed by atoms with Crippen LogP contribution >= 0.6 is 23.5 Å². The average molecular weight is 532 g/mol. The average Bonchev–Trinajstić information content (AvgIpc) is 3.19. The summed E-state index contributed by atoms with van der Waals surface area (Å²) in [7, 11) is -16.8. The molecular formula is C13H19N4O13P3. The Bertz CT molecular complexity index is 1200. The van der Waals surface area contributed by atoms with Gasteiger partial charge in [0.25, 0.3) is 0 Å². The van der Waals surface area contributed by atoms with Crippen molar-refractivity contribution >= 4 is 34.8 Å². The Balaban J connectivity index is 1.81. The number of hydrogen-bond acceptors (Lipinski definition) is 12. The molecule has 0 radical (unpaired) electrons. The van der Waals surface area contributed by atoms with Crippen LogP contribution in [0.3, 0.4) is 0 Å². The summed E-state index contributed by atoms with van der Waals surface area (Å²) in [5.41, 5.74) is 4.29. The molecule has 2 unspecified atom stereocenters. The van der Waals surface area contributed by atoms with Gasteiger partial charge < -0.3 is 40.3 Å². The van der Waals surface area contributed by atoms with Crippen molar-refractivity contribution in [3.8, 4) is 0 Å². The van der Waals surface area contributed by atoms with Gasteiger partial charge in [-0.1, -0.05) is 6.08 Å². The largest absolute Gasteiger partial charge is 0.490 e. The number of aromatic nitrogens is 3. The normalized spacial score (nSPS) is 29.6. The van der Waals surface area contributed by atoms with Crippen LogP contribution in [-0.2, 0) is 31.6 Å². The zero-order valence-electron chi connectivity index (χ0n) is 16.3. The van der Waals surface area contributed by atoms with Gasteiger partial charge in [-0.2, -0.15) is 13.7 Å². The smallest absolute Gasteiger partial charge is 0.387 e. The third-order valence-electron chi connectivity index (χ3n) is 4.50. The van der Waals surface area contributed by atoms with Gasteiger partial charge in [0, 0.05) is 0 Å². The first-order chi connectivity index (χ1) is 15.1. The van der Waals surface area contributed by atoms with Gasteiger partial charge in [-0.15, -0.1) is 6.58 Å². The summed E-state index contributed by atoms with van der Waals surface area (Å²) in [4.78, 5) is 39.8. The van der Waals surface area contributed by atoms with Crippen molar-refractivity contribution in [3.63, 3.8) is 0 Å². The molecule has 20 heteroatoms. The molecule has 3 rings (SSSR count). The lowest BCUT2D eigenvalue weighted by molar-refractivity contribution is -0.0780. The predicted octanol–water partition coefficient (Wildman–Crippen LogP) is -0.627. The van der Waals surface area contributed by atoms with Gasteiger partial charge in [-0.05, 0) is 12.1 Å². The fourth-order valence-corrected chi connectivity index (χ4v) is 6.15. The summed E-state index contributed by atoms with van der Waals surface area (Å²) in [5.74, 6) is 0.118. The fourth-order valence-electron chi connectivity index (χ4n) is 3.09. The topological polar surface area (TPSA) is 266 Å². The monoisotopic (exact) mass is 532 g/mol. The second kappa shape index (κ2) is 8.91. The second-order valence-corrected chi connectivity index (χ2v) is 11.1. The lowest BCUT2D eigenvalue weighted by Crippen LogP contribution is -2.45. The van der Waals surface area contributed by atoms with E-state index in [9.17, 15) is 33.7 Å². The Morgan fingerprint density at radius 1 is 1.18 bits per heavy atom. The first-order valence-electron chi connectivity index (χ1n) is 8.64. The van der Waals surface area contributed by atoms with Crippen molar-refractivity contribution in [3.05, 3.63) is 36.8 Å². The Morgan fingerprint density at radius 2 is 1.85 bits per heavy atom. The number of nitrogens with two attached hydrogens (primary N) is 1. The number of phosphoric ester groups is 1. The van der Waals surface area contributed by atoms with E-state index in [1.165, 1.54) is 16.6 Å². The van der Waals surface area contributed by atoms with Crippen molar-refractivity contribution in [2.75, 3.05) is 12.3 Å². The van der Waals surface area contributed by atoms with Crippen LogP contribution in [-0.4, -0.2) is 68.8 Å². The van der Waals surface area contributed by atoms with Crippen LogP contribution in [0.25, 0.3) is 5.52 Å². The summed E-state index contributed by atoms with van der Waals surface area (Å²) in [6, 6.07) is 3.00. The summed E-state index contributed by atoms with van der Waals surface area (Å²) in [5, 5.41) is 25.1. The standard InChI is InChI=1S/C13H19N4O13P3/c1-2-13(5-27-32(23,24)30-33(25,26)29-31(20,21)22)11(19)9(18)10(28-13)7-3-4-8-12(14)15-6-16-17(7)8/h2-4,6,9-11,18-19H,1,5H2,(H,23,24)(H,25,26)(H2,14,15,16)(H2,20,21,22)/t9-,10-,11-,13+/m0/s1. The Kier molecular flexibility index (Phi) is 7.03. The Hall–Kier alpha value is -1.55. The second-order valence-electron chi connectivity index (χ2n) is 6.70. The first kappa shape index (κ1) is 26.1. The molecular weight excluding hydrogens is 513 g/mol. The van der Waals surface area contributed by atoms with Crippen molar-refractivity contribution in [1.29, 1.82) is 0 Å². The van der Waals surface area contributed by atoms with Gasteiger partial charge >= 0.3 is 23.5 Å². The van der Waals surface area contributed by atoms with Gasteiger partial charge in [0.1, 0.15) is 35.8 Å². The van der Waals surface area contributed by atoms with E-state index in [-0.39, 0.29) is 11.5 Å². The molecule has 0 aromatic carbocycles. The highest BCUT2D eigenvalue weighted by molar-refractivity contribution is 7.66. The van der Waals surface area contributed by atoms with Crippen LogP contribution in [0, 0.1) is 0 Å². The number of phosphoric acid groups is 3. The number of ether oxygens (including phenoxy) is 1. The zero-order chi connectivity index (χ0) is 24.8. The lowest BCUT2D eigenvalue weighted by Gasteiger charge is -2.29. The number of fused-ring (bicyclic) bond motifs is 1. The molecule has 0 aliphatic carbocycles. The van der Waals surface area contributed by atoms with E-state index in [0.29, 0.717) is 5.52 Å². The summed E-state index contributed by atoms with van der Waals surface area (Å²) >= 11 is 0. The van der Waals surface area contributed by atoms with Gasteiger partial charge in [0.2, 0.25) is 0 Å². The maximum absolute atomic E-state index is 12.0. The molecule has 0 spiro atoms.